The van der Waals surface area contributed by atoms with E-state index >= 15 is 0 Å². The zero-order valence-corrected chi connectivity index (χ0v) is 15.8. The molecule has 4 rings (SSSR count). The van der Waals surface area contributed by atoms with Crippen molar-refractivity contribution in [3.8, 4) is 0 Å². The first-order valence-corrected chi connectivity index (χ1v) is 9.48. The number of amides is 2. The van der Waals surface area contributed by atoms with Crippen LogP contribution < -0.4 is 10.6 Å². The first-order chi connectivity index (χ1) is 13.7. The summed E-state index contributed by atoms with van der Waals surface area (Å²) in [6.45, 7) is 0.00260. The highest BCUT2D eigenvalue weighted by atomic mass is 16.5. The lowest BCUT2D eigenvalue weighted by Gasteiger charge is -2.10. The lowest BCUT2D eigenvalue weighted by Crippen LogP contribution is -2.17. The van der Waals surface area contributed by atoms with Crippen LogP contribution in [0.1, 0.15) is 34.5 Å². The maximum Gasteiger partial charge on any atom is 0.257 e. The molecule has 1 aromatic heterocycles. The maximum atomic E-state index is 12.9. The van der Waals surface area contributed by atoms with E-state index in [1.54, 1.807) is 24.3 Å². The second kappa shape index (κ2) is 7.86. The van der Waals surface area contributed by atoms with E-state index < -0.39 is 0 Å². The SMILES string of the molecule is COCC(=O)Nc1ccc(NC(=O)c2cccc3c4c([nH]c23)CCCC4)cc1. The van der Waals surface area contributed by atoms with Gasteiger partial charge < -0.3 is 20.4 Å². The van der Waals surface area contributed by atoms with Crippen LogP contribution in [-0.2, 0) is 22.4 Å². The van der Waals surface area contributed by atoms with Gasteiger partial charge in [-0.15, -0.1) is 0 Å². The second-order valence-corrected chi connectivity index (χ2v) is 7.03. The number of benzene rings is 2. The van der Waals surface area contributed by atoms with Gasteiger partial charge >= 0.3 is 0 Å². The van der Waals surface area contributed by atoms with Gasteiger partial charge in [-0.2, -0.15) is 0 Å². The van der Waals surface area contributed by atoms with Gasteiger partial charge in [-0.25, -0.2) is 0 Å². The predicted molar refractivity (Wildman–Crippen MR) is 110 cm³/mol. The third kappa shape index (κ3) is 3.64. The van der Waals surface area contributed by atoms with Crippen molar-refractivity contribution in [2.45, 2.75) is 25.7 Å². The summed E-state index contributed by atoms with van der Waals surface area (Å²) in [5.41, 5.74) is 5.49. The molecule has 0 fully saturated rings. The normalized spacial score (nSPS) is 13.2. The molecule has 0 atom stereocenters. The Kier molecular flexibility index (Phi) is 5.12. The average Bonchev–Trinajstić information content (AvgIpc) is 3.08. The number of aryl methyl sites for hydroxylation is 2. The van der Waals surface area contributed by atoms with Crippen LogP contribution in [0.25, 0.3) is 10.9 Å². The van der Waals surface area contributed by atoms with Crippen LogP contribution in [-0.4, -0.2) is 30.5 Å². The van der Waals surface area contributed by atoms with Crippen molar-refractivity contribution < 1.29 is 14.3 Å². The number of rotatable bonds is 5. The van der Waals surface area contributed by atoms with Crippen LogP contribution in [0.15, 0.2) is 42.5 Å². The van der Waals surface area contributed by atoms with Gasteiger partial charge in [0.1, 0.15) is 6.61 Å². The minimum atomic E-state index is -0.221. The number of carbonyl (C=O) groups is 2. The molecule has 0 bridgehead atoms. The van der Waals surface area contributed by atoms with Crippen LogP contribution in [0, 0.1) is 0 Å². The highest BCUT2D eigenvalue weighted by Crippen LogP contribution is 2.31. The van der Waals surface area contributed by atoms with Gasteiger partial charge in [0.05, 0.1) is 11.1 Å². The number of fused-ring (bicyclic) bond motifs is 3. The molecular weight excluding hydrogens is 354 g/mol. The summed E-state index contributed by atoms with van der Waals surface area (Å²) in [6.07, 6.45) is 4.50. The first-order valence-electron chi connectivity index (χ1n) is 9.48. The van der Waals surface area contributed by atoms with Crippen molar-refractivity contribution in [1.29, 1.82) is 0 Å². The topological polar surface area (TPSA) is 83.2 Å². The number of nitrogens with one attached hydrogen (secondary N) is 3. The highest BCUT2D eigenvalue weighted by molar-refractivity contribution is 6.12. The van der Waals surface area contributed by atoms with Gasteiger partial charge in [0.15, 0.2) is 0 Å². The molecule has 0 saturated heterocycles. The van der Waals surface area contributed by atoms with Gasteiger partial charge in [-0.1, -0.05) is 12.1 Å². The van der Waals surface area contributed by atoms with Gasteiger partial charge in [-0.05, 0) is 61.6 Å². The number of hydrogen-bond acceptors (Lipinski definition) is 3. The summed E-state index contributed by atoms with van der Waals surface area (Å²) in [5, 5.41) is 6.82. The van der Waals surface area contributed by atoms with Crippen LogP contribution in [0.5, 0.6) is 0 Å². The summed E-state index contributed by atoms with van der Waals surface area (Å²) < 4.78 is 4.79. The molecule has 0 unspecified atom stereocenters. The van der Waals surface area contributed by atoms with E-state index in [-0.39, 0.29) is 18.4 Å². The molecule has 1 aliphatic carbocycles. The Labute approximate surface area is 163 Å². The Hall–Kier alpha value is -3.12. The summed E-state index contributed by atoms with van der Waals surface area (Å²) >= 11 is 0. The fourth-order valence-corrected chi connectivity index (χ4v) is 3.78. The molecule has 2 aromatic carbocycles. The van der Waals surface area contributed by atoms with Crippen LogP contribution in [0.3, 0.4) is 0 Å². The predicted octanol–water partition coefficient (Wildman–Crippen LogP) is 3.88. The number of para-hydroxylation sites is 1. The van der Waals surface area contributed by atoms with Crippen LogP contribution in [0.2, 0.25) is 0 Å². The van der Waals surface area contributed by atoms with E-state index in [1.165, 1.54) is 31.2 Å². The maximum absolute atomic E-state index is 12.9. The molecular formula is C22H23N3O3. The quantitative estimate of drug-likeness (QED) is 0.631. The molecule has 144 valence electrons. The van der Waals surface area contributed by atoms with Gasteiger partial charge in [0.25, 0.3) is 5.91 Å². The Balaban J connectivity index is 1.52. The number of methoxy groups -OCH3 is 1. The molecule has 1 heterocycles. The van der Waals surface area contributed by atoms with Crippen LogP contribution >= 0.6 is 0 Å². The van der Waals surface area contributed by atoms with Crippen molar-refractivity contribution in [3.05, 3.63) is 59.3 Å². The molecule has 0 saturated carbocycles. The van der Waals surface area contributed by atoms with Crippen molar-refractivity contribution in [2.24, 2.45) is 0 Å². The molecule has 1 aliphatic rings. The number of aromatic amines is 1. The zero-order valence-electron chi connectivity index (χ0n) is 15.8. The summed E-state index contributed by atoms with van der Waals surface area (Å²) in [7, 11) is 1.47. The van der Waals surface area contributed by atoms with E-state index in [9.17, 15) is 9.59 Å². The Morgan fingerprint density at radius 3 is 2.46 bits per heavy atom. The number of anilines is 2. The Bertz CT molecular complexity index is 1020. The summed E-state index contributed by atoms with van der Waals surface area (Å²) in [5.74, 6) is -0.373. The van der Waals surface area contributed by atoms with E-state index in [4.69, 9.17) is 4.74 Å². The molecule has 3 aromatic rings. The molecule has 6 heteroatoms. The van der Waals surface area contributed by atoms with E-state index in [0.717, 1.165) is 23.7 Å². The zero-order chi connectivity index (χ0) is 19.5. The number of aromatic nitrogens is 1. The third-order valence-electron chi connectivity index (χ3n) is 5.08. The smallest absolute Gasteiger partial charge is 0.257 e. The third-order valence-corrected chi connectivity index (χ3v) is 5.08. The molecule has 3 N–H and O–H groups in total. The molecule has 28 heavy (non-hydrogen) atoms. The first kappa shape index (κ1) is 18.3. The van der Waals surface area contributed by atoms with Crippen molar-refractivity contribution >= 4 is 34.1 Å². The van der Waals surface area contributed by atoms with E-state index in [1.807, 2.05) is 12.1 Å². The fraction of sp³-hybridized carbons (Fsp3) is 0.273. The second-order valence-electron chi connectivity index (χ2n) is 7.03. The molecule has 0 spiro atoms. The van der Waals surface area contributed by atoms with Gasteiger partial charge in [-0.3, -0.25) is 9.59 Å². The summed E-state index contributed by atoms with van der Waals surface area (Å²) in [6, 6.07) is 12.9. The lowest BCUT2D eigenvalue weighted by molar-refractivity contribution is -0.119. The number of carbonyl (C=O) groups excluding carboxylic acids is 2. The van der Waals surface area contributed by atoms with E-state index in [2.05, 4.69) is 21.7 Å². The molecule has 2 amide bonds. The number of H-pyrrole nitrogens is 1. The number of hydrogen-bond donors (Lipinski definition) is 3. The van der Waals surface area contributed by atoms with Gasteiger partial charge in [0.2, 0.25) is 5.91 Å². The van der Waals surface area contributed by atoms with Crippen molar-refractivity contribution in [3.63, 3.8) is 0 Å². The molecule has 0 aliphatic heterocycles. The minimum absolute atomic E-state index is 0.00260. The van der Waals surface area contributed by atoms with Crippen molar-refractivity contribution in [1.82, 2.24) is 4.98 Å². The molecule has 0 radical (unpaired) electrons. The largest absolute Gasteiger partial charge is 0.375 e. The summed E-state index contributed by atoms with van der Waals surface area (Å²) in [4.78, 5) is 27.9. The van der Waals surface area contributed by atoms with Gasteiger partial charge in [0, 0.05) is 29.6 Å². The standard InChI is InChI=1S/C22H23N3O3/c1-28-13-20(26)23-14-9-11-15(12-10-14)24-22(27)18-7-4-6-17-16-5-2-3-8-19(16)25-21(17)18/h4,6-7,9-12,25H,2-3,5,8,13H2,1H3,(H,23,26)(H,24,27). The highest BCUT2D eigenvalue weighted by Gasteiger charge is 2.19. The number of ether oxygens (including phenoxy) is 1. The van der Waals surface area contributed by atoms with E-state index in [0.29, 0.717) is 16.9 Å². The van der Waals surface area contributed by atoms with Crippen molar-refractivity contribution in [2.75, 3.05) is 24.4 Å². The minimum Gasteiger partial charge on any atom is -0.375 e. The average molecular weight is 377 g/mol. The monoisotopic (exact) mass is 377 g/mol. The molecule has 6 nitrogen and oxygen atoms in total. The fourth-order valence-electron chi connectivity index (χ4n) is 3.78. The van der Waals surface area contributed by atoms with Crippen LogP contribution in [0.4, 0.5) is 11.4 Å². The Morgan fingerprint density at radius 2 is 1.71 bits per heavy atom. The Morgan fingerprint density at radius 1 is 1.00 bits per heavy atom. The lowest BCUT2D eigenvalue weighted by atomic mass is 9.95.